The van der Waals surface area contributed by atoms with Crippen LogP contribution in [0.1, 0.15) is 46.5 Å². The third-order valence-corrected chi connectivity index (χ3v) is 3.87. The predicted octanol–water partition coefficient (Wildman–Crippen LogP) is 4.27. The molecule has 0 radical (unpaired) electrons. The van der Waals surface area contributed by atoms with Crippen LogP contribution in [0.5, 0.6) is 11.5 Å². The van der Waals surface area contributed by atoms with E-state index in [0.29, 0.717) is 5.41 Å². The maximum Gasteiger partial charge on any atom is 0.119 e. The van der Waals surface area contributed by atoms with Gasteiger partial charge in [-0.15, -0.1) is 0 Å². The lowest BCUT2D eigenvalue weighted by Crippen LogP contribution is -2.33. The molecule has 1 rings (SSSR count). The van der Waals surface area contributed by atoms with E-state index >= 15 is 0 Å². The number of hydrogen-bond acceptors (Lipinski definition) is 3. The summed E-state index contributed by atoms with van der Waals surface area (Å²) in [5.41, 5.74) is 0.316. The summed E-state index contributed by atoms with van der Waals surface area (Å²) < 4.78 is 11.0. The third kappa shape index (κ3) is 6.85. The summed E-state index contributed by atoms with van der Waals surface area (Å²) in [6.07, 6.45) is 4.71. The zero-order chi connectivity index (χ0) is 15.6. The van der Waals surface area contributed by atoms with E-state index < -0.39 is 0 Å². The quantitative estimate of drug-likeness (QED) is 0.618. The highest BCUT2D eigenvalue weighted by molar-refractivity contribution is 5.31. The summed E-state index contributed by atoms with van der Waals surface area (Å²) in [5, 5.41) is 3.55. The van der Waals surface area contributed by atoms with Gasteiger partial charge in [0.2, 0.25) is 0 Å². The standard InChI is InChI=1S/C18H31NO2/c1-5-11-18(3,15-19-13-6-2)12-14-21-17-9-7-16(20-4)8-10-17/h7-10,19H,5-6,11-15H2,1-4H3. The van der Waals surface area contributed by atoms with Crippen molar-refractivity contribution in [3.05, 3.63) is 24.3 Å². The summed E-state index contributed by atoms with van der Waals surface area (Å²) in [4.78, 5) is 0. The molecule has 0 saturated heterocycles. The smallest absolute Gasteiger partial charge is 0.119 e. The lowest BCUT2D eigenvalue weighted by atomic mass is 9.82. The molecule has 1 atom stereocenters. The van der Waals surface area contributed by atoms with Crippen LogP contribution in [0.25, 0.3) is 0 Å². The molecule has 0 saturated carbocycles. The van der Waals surface area contributed by atoms with Crippen LogP contribution in [-0.4, -0.2) is 26.8 Å². The lowest BCUT2D eigenvalue weighted by molar-refractivity contribution is 0.193. The molecule has 0 spiro atoms. The van der Waals surface area contributed by atoms with Gasteiger partial charge in [0.05, 0.1) is 13.7 Å². The van der Waals surface area contributed by atoms with Gasteiger partial charge in [-0.05, 0) is 55.5 Å². The molecule has 0 aromatic heterocycles. The van der Waals surface area contributed by atoms with Crippen LogP contribution in [0.4, 0.5) is 0 Å². The van der Waals surface area contributed by atoms with Crippen LogP contribution in [-0.2, 0) is 0 Å². The molecule has 1 unspecified atom stereocenters. The van der Waals surface area contributed by atoms with Crippen molar-refractivity contribution in [1.29, 1.82) is 0 Å². The summed E-state index contributed by atoms with van der Waals surface area (Å²) in [5.74, 6) is 1.78. The van der Waals surface area contributed by atoms with Gasteiger partial charge in [-0.25, -0.2) is 0 Å². The van der Waals surface area contributed by atoms with Gasteiger partial charge in [-0.1, -0.05) is 27.2 Å². The van der Waals surface area contributed by atoms with Crippen molar-refractivity contribution in [2.24, 2.45) is 5.41 Å². The predicted molar refractivity (Wildman–Crippen MR) is 89.3 cm³/mol. The highest BCUT2D eigenvalue weighted by Gasteiger charge is 2.22. The van der Waals surface area contributed by atoms with Crippen molar-refractivity contribution in [3.63, 3.8) is 0 Å². The fourth-order valence-electron chi connectivity index (χ4n) is 2.56. The number of hydrogen-bond donors (Lipinski definition) is 1. The van der Waals surface area contributed by atoms with Gasteiger partial charge in [-0.3, -0.25) is 0 Å². The first-order chi connectivity index (χ1) is 10.1. The van der Waals surface area contributed by atoms with Crippen molar-refractivity contribution < 1.29 is 9.47 Å². The molecule has 3 heteroatoms. The Morgan fingerprint density at radius 3 is 2.24 bits per heavy atom. The molecule has 1 aromatic rings. The van der Waals surface area contributed by atoms with E-state index in [9.17, 15) is 0 Å². The minimum atomic E-state index is 0.316. The van der Waals surface area contributed by atoms with Gasteiger partial charge >= 0.3 is 0 Å². The Kier molecular flexibility index (Phi) is 8.21. The Hall–Kier alpha value is -1.22. The Morgan fingerprint density at radius 2 is 1.67 bits per heavy atom. The van der Waals surface area contributed by atoms with Gasteiger partial charge in [-0.2, -0.15) is 0 Å². The van der Waals surface area contributed by atoms with Crippen LogP contribution in [0, 0.1) is 5.41 Å². The zero-order valence-electron chi connectivity index (χ0n) is 14.1. The maximum atomic E-state index is 5.87. The Morgan fingerprint density at radius 1 is 1.00 bits per heavy atom. The summed E-state index contributed by atoms with van der Waals surface area (Å²) >= 11 is 0. The molecule has 0 amide bonds. The average Bonchev–Trinajstić information content (AvgIpc) is 2.48. The Bertz CT molecular complexity index is 377. The molecule has 0 aliphatic carbocycles. The van der Waals surface area contributed by atoms with Crippen LogP contribution in [0.15, 0.2) is 24.3 Å². The second-order valence-corrected chi connectivity index (χ2v) is 6.01. The normalized spacial score (nSPS) is 13.7. The van der Waals surface area contributed by atoms with Gasteiger partial charge in [0.25, 0.3) is 0 Å². The highest BCUT2D eigenvalue weighted by atomic mass is 16.5. The molecule has 1 aromatic carbocycles. The van der Waals surface area contributed by atoms with E-state index in [4.69, 9.17) is 9.47 Å². The topological polar surface area (TPSA) is 30.5 Å². The molecule has 0 heterocycles. The van der Waals surface area contributed by atoms with Crippen LogP contribution >= 0.6 is 0 Å². The van der Waals surface area contributed by atoms with Crippen LogP contribution in [0.2, 0.25) is 0 Å². The molecule has 3 nitrogen and oxygen atoms in total. The maximum absolute atomic E-state index is 5.87. The van der Waals surface area contributed by atoms with Crippen molar-refractivity contribution in [1.82, 2.24) is 5.32 Å². The summed E-state index contributed by atoms with van der Waals surface area (Å²) in [6.45, 7) is 9.74. The number of nitrogens with one attached hydrogen (secondary N) is 1. The van der Waals surface area contributed by atoms with E-state index in [1.54, 1.807) is 7.11 Å². The first-order valence-electron chi connectivity index (χ1n) is 8.11. The molecule has 0 aliphatic heterocycles. The van der Waals surface area contributed by atoms with E-state index in [0.717, 1.165) is 37.6 Å². The minimum Gasteiger partial charge on any atom is -0.497 e. The van der Waals surface area contributed by atoms with Crippen molar-refractivity contribution in [2.75, 3.05) is 26.8 Å². The molecular weight excluding hydrogens is 262 g/mol. The fourth-order valence-corrected chi connectivity index (χ4v) is 2.56. The van der Waals surface area contributed by atoms with E-state index in [1.165, 1.54) is 19.3 Å². The molecule has 0 bridgehead atoms. The number of methoxy groups -OCH3 is 1. The van der Waals surface area contributed by atoms with Crippen LogP contribution in [0.3, 0.4) is 0 Å². The monoisotopic (exact) mass is 293 g/mol. The number of rotatable bonds is 11. The molecule has 1 N–H and O–H groups in total. The lowest BCUT2D eigenvalue weighted by Gasteiger charge is -2.29. The van der Waals surface area contributed by atoms with E-state index in [-0.39, 0.29) is 0 Å². The minimum absolute atomic E-state index is 0.316. The molecular formula is C18H31NO2. The largest absolute Gasteiger partial charge is 0.497 e. The first-order valence-corrected chi connectivity index (χ1v) is 8.11. The van der Waals surface area contributed by atoms with Gasteiger partial charge in [0, 0.05) is 6.54 Å². The van der Waals surface area contributed by atoms with Crippen molar-refractivity contribution in [2.45, 2.75) is 46.5 Å². The van der Waals surface area contributed by atoms with Crippen molar-refractivity contribution >= 4 is 0 Å². The first kappa shape index (κ1) is 17.8. The number of benzene rings is 1. The Balaban J connectivity index is 2.40. The SMILES string of the molecule is CCCNCC(C)(CCC)CCOc1ccc(OC)cc1. The Labute approximate surface area is 130 Å². The average molecular weight is 293 g/mol. The third-order valence-electron chi connectivity index (χ3n) is 3.87. The van der Waals surface area contributed by atoms with Gasteiger partial charge in [0.1, 0.15) is 11.5 Å². The molecule has 0 aliphatic rings. The second-order valence-electron chi connectivity index (χ2n) is 6.01. The second kappa shape index (κ2) is 9.67. The fraction of sp³-hybridized carbons (Fsp3) is 0.667. The van der Waals surface area contributed by atoms with Crippen LogP contribution < -0.4 is 14.8 Å². The highest BCUT2D eigenvalue weighted by Crippen LogP contribution is 2.27. The van der Waals surface area contributed by atoms with Gasteiger partial charge in [0.15, 0.2) is 0 Å². The van der Waals surface area contributed by atoms with E-state index in [2.05, 4.69) is 26.1 Å². The van der Waals surface area contributed by atoms with Crippen molar-refractivity contribution in [3.8, 4) is 11.5 Å². The summed E-state index contributed by atoms with van der Waals surface area (Å²) in [7, 11) is 1.68. The molecule has 21 heavy (non-hydrogen) atoms. The zero-order valence-corrected chi connectivity index (χ0v) is 14.1. The molecule has 120 valence electrons. The summed E-state index contributed by atoms with van der Waals surface area (Å²) in [6, 6.07) is 7.80. The van der Waals surface area contributed by atoms with Gasteiger partial charge < -0.3 is 14.8 Å². The van der Waals surface area contributed by atoms with E-state index in [1.807, 2.05) is 24.3 Å². The molecule has 0 fully saturated rings. The number of ether oxygens (including phenoxy) is 2.